The summed E-state index contributed by atoms with van der Waals surface area (Å²) in [5.41, 5.74) is 5.96. The summed E-state index contributed by atoms with van der Waals surface area (Å²) in [4.78, 5) is 4.57. The number of imidazole rings is 1. The van der Waals surface area contributed by atoms with Crippen LogP contribution in [0.2, 0.25) is 0 Å². The van der Waals surface area contributed by atoms with Crippen LogP contribution in [0.5, 0.6) is 0 Å². The zero-order valence-corrected chi connectivity index (χ0v) is 13.6. The van der Waals surface area contributed by atoms with Crippen LogP contribution in [0.3, 0.4) is 0 Å². The Morgan fingerprint density at radius 2 is 1.29 bits per heavy atom. The van der Waals surface area contributed by atoms with Crippen molar-refractivity contribution in [3.8, 4) is 28.2 Å². The van der Waals surface area contributed by atoms with Crippen molar-refractivity contribution in [1.82, 2.24) is 9.55 Å². The average molecular weight is 310 g/mol. The van der Waals surface area contributed by atoms with Crippen LogP contribution in [-0.2, 0) is 0 Å². The molecule has 116 valence electrons. The van der Waals surface area contributed by atoms with Crippen molar-refractivity contribution in [2.24, 2.45) is 0 Å². The van der Waals surface area contributed by atoms with Gasteiger partial charge >= 0.3 is 0 Å². The monoisotopic (exact) mass is 310 g/mol. The lowest BCUT2D eigenvalue weighted by molar-refractivity contribution is 1.05. The van der Waals surface area contributed by atoms with Gasteiger partial charge in [0, 0.05) is 23.6 Å². The Morgan fingerprint density at radius 3 is 2.04 bits per heavy atom. The van der Waals surface area contributed by atoms with Gasteiger partial charge in [-0.2, -0.15) is 0 Å². The molecule has 0 saturated carbocycles. The highest BCUT2D eigenvalue weighted by Gasteiger charge is 2.09. The van der Waals surface area contributed by atoms with E-state index in [1.54, 1.807) is 0 Å². The highest BCUT2D eigenvalue weighted by atomic mass is 15.1. The molecule has 24 heavy (non-hydrogen) atoms. The number of aryl methyl sites for hydroxylation is 1. The molecule has 4 aromatic rings. The first kappa shape index (κ1) is 14.5. The van der Waals surface area contributed by atoms with E-state index >= 15 is 0 Å². The molecule has 0 unspecified atom stereocenters. The van der Waals surface area contributed by atoms with Gasteiger partial charge in [0.05, 0.1) is 0 Å². The number of para-hydroxylation sites is 1. The predicted octanol–water partition coefficient (Wildman–Crippen LogP) is 5.51. The van der Waals surface area contributed by atoms with Crippen molar-refractivity contribution in [2.45, 2.75) is 6.92 Å². The van der Waals surface area contributed by atoms with E-state index in [-0.39, 0.29) is 0 Å². The molecule has 1 aromatic heterocycles. The molecule has 0 aliphatic carbocycles. The summed E-state index contributed by atoms with van der Waals surface area (Å²) in [5, 5.41) is 0. The van der Waals surface area contributed by atoms with Crippen LogP contribution in [0.25, 0.3) is 28.2 Å². The number of rotatable bonds is 3. The summed E-state index contributed by atoms with van der Waals surface area (Å²) in [6.45, 7) is 2.12. The van der Waals surface area contributed by atoms with Gasteiger partial charge in [-0.05, 0) is 29.7 Å². The molecule has 1 heterocycles. The lowest BCUT2D eigenvalue weighted by Gasteiger charge is -2.11. The first-order valence-corrected chi connectivity index (χ1v) is 8.08. The minimum absolute atomic E-state index is 0.962. The van der Waals surface area contributed by atoms with Gasteiger partial charge in [-0.25, -0.2) is 4.98 Å². The Bertz CT molecular complexity index is 951. The minimum atomic E-state index is 0.962. The van der Waals surface area contributed by atoms with Gasteiger partial charge < -0.3 is 0 Å². The Balaban J connectivity index is 1.74. The van der Waals surface area contributed by atoms with Crippen molar-refractivity contribution in [3.05, 3.63) is 96.8 Å². The fraction of sp³-hybridized carbons (Fsp3) is 0.0455. The Hall–Kier alpha value is -3.13. The molecule has 0 radical (unpaired) electrons. The van der Waals surface area contributed by atoms with Crippen LogP contribution in [0, 0.1) is 6.92 Å². The van der Waals surface area contributed by atoms with E-state index in [0.29, 0.717) is 0 Å². The average Bonchev–Trinajstić information content (AvgIpc) is 3.12. The van der Waals surface area contributed by atoms with E-state index in [0.717, 1.165) is 17.1 Å². The number of hydrogen-bond donors (Lipinski definition) is 0. The molecule has 0 spiro atoms. The lowest BCUT2D eigenvalue weighted by atomic mass is 10.0. The fourth-order valence-electron chi connectivity index (χ4n) is 2.99. The number of aromatic nitrogens is 2. The first-order valence-electron chi connectivity index (χ1n) is 8.08. The molecular formula is C22H18N2. The molecule has 4 rings (SSSR count). The highest BCUT2D eigenvalue weighted by molar-refractivity contribution is 5.68. The zero-order valence-electron chi connectivity index (χ0n) is 13.6. The van der Waals surface area contributed by atoms with E-state index in [4.69, 9.17) is 0 Å². The van der Waals surface area contributed by atoms with Gasteiger partial charge in [-0.15, -0.1) is 0 Å². The molecule has 3 aromatic carbocycles. The van der Waals surface area contributed by atoms with Crippen molar-refractivity contribution in [2.75, 3.05) is 0 Å². The SMILES string of the molecule is Cc1ccccc1-n1ccnc1-c1ccc(-c2ccccc2)cc1. The molecule has 0 fully saturated rings. The second-order valence-electron chi connectivity index (χ2n) is 5.85. The van der Waals surface area contributed by atoms with Crippen molar-refractivity contribution >= 4 is 0 Å². The van der Waals surface area contributed by atoms with E-state index in [9.17, 15) is 0 Å². The van der Waals surface area contributed by atoms with Crippen LogP contribution >= 0.6 is 0 Å². The maximum absolute atomic E-state index is 4.57. The maximum Gasteiger partial charge on any atom is 0.144 e. The van der Waals surface area contributed by atoms with Crippen molar-refractivity contribution < 1.29 is 0 Å². The molecule has 0 N–H and O–H groups in total. The molecule has 2 nitrogen and oxygen atoms in total. The molecule has 0 atom stereocenters. The van der Waals surface area contributed by atoms with Crippen LogP contribution in [-0.4, -0.2) is 9.55 Å². The quantitative estimate of drug-likeness (QED) is 0.487. The maximum atomic E-state index is 4.57. The number of nitrogens with zero attached hydrogens (tertiary/aromatic N) is 2. The summed E-state index contributed by atoms with van der Waals surface area (Å²) in [6, 6.07) is 27.4. The summed E-state index contributed by atoms with van der Waals surface area (Å²) < 4.78 is 2.15. The molecule has 0 aliphatic heterocycles. The third-order valence-corrected chi connectivity index (χ3v) is 4.27. The number of hydrogen-bond acceptors (Lipinski definition) is 1. The summed E-state index contributed by atoms with van der Waals surface area (Å²) in [5.74, 6) is 0.962. The smallest absolute Gasteiger partial charge is 0.144 e. The molecule has 0 amide bonds. The highest BCUT2D eigenvalue weighted by Crippen LogP contribution is 2.26. The first-order chi connectivity index (χ1) is 11.8. The molecule has 0 saturated heterocycles. The Labute approximate surface area is 142 Å². The summed E-state index contributed by atoms with van der Waals surface area (Å²) in [6.07, 6.45) is 3.87. The second kappa shape index (κ2) is 6.17. The van der Waals surface area contributed by atoms with Crippen LogP contribution in [0.1, 0.15) is 5.56 Å². The van der Waals surface area contributed by atoms with Gasteiger partial charge in [0.1, 0.15) is 5.82 Å². The molecule has 2 heteroatoms. The molecular weight excluding hydrogens is 292 g/mol. The third kappa shape index (κ3) is 2.63. The zero-order chi connectivity index (χ0) is 16.4. The summed E-state index contributed by atoms with van der Waals surface area (Å²) >= 11 is 0. The standard InChI is InChI=1S/C22H18N2/c1-17-7-5-6-10-21(17)24-16-15-23-22(24)20-13-11-19(12-14-20)18-8-3-2-4-9-18/h2-16H,1H3. The van der Waals surface area contributed by atoms with Gasteiger partial charge in [-0.1, -0.05) is 72.8 Å². The Morgan fingerprint density at radius 1 is 0.667 bits per heavy atom. The third-order valence-electron chi connectivity index (χ3n) is 4.27. The molecule has 0 bridgehead atoms. The van der Waals surface area contributed by atoms with E-state index in [1.165, 1.54) is 16.7 Å². The van der Waals surface area contributed by atoms with E-state index in [1.807, 2.05) is 18.5 Å². The van der Waals surface area contributed by atoms with Crippen molar-refractivity contribution in [1.29, 1.82) is 0 Å². The van der Waals surface area contributed by atoms with Crippen LogP contribution < -0.4 is 0 Å². The van der Waals surface area contributed by atoms with E-state index in [2.05, 4.69) is 89.3 Å². The Kier molecular flexibility index (Phi) is 3.72. The predicted molar refractivity (Wildman–Crippen MR) is 99.2 cm³/mol. The fourth-order valence-corrected chi connectivity index (χ4v) is 2.99. The molecule has 0 aliphatic rings. The second-order valence-corrected chi connectivity index (χ2v) is 5.85. The largest absolute Gasteiger partial charge is 0.300 e. The van der Waals surface area contributed by atoms with Crippen LogP contribution in [0.4, 0.5) is 0 Å². The van der Waals surface area contributed by atoms with Gasteiger partial charge in [0.2, 0.25) is 0 Å². The normalized spacial score (nSPS) is 10.7. The van der Waals surface area contributed by atoms with Gasteiger partial charge in [0.25, 0.3) is 0 Å². The topological polar surface area (TPSA) is 17.8 Å². The lowest BCUT2D eigenvalue weighted by Crippen LogP contribution is -1.98. The van der Waals surface area contributed by atoms with E-state index < -0.39 is 0 Å². The number of benzene rings is 3. The summed E-state index contributed by atoms with van der Waals surface area (Å²) in [7, 11) is 0. The van der Waals surface area contributed by atoms with Gasteiger partial charge in [0.15, 0.2) is 0 Å². The van der Waals surface area contributed by atoms with Gasteiger partial charge in [-0.3, -0.25) is 4.57 Å². The van der Waals surface area contributed by atoms with Crippen LogP contribution in [0.15, 0.2) is 91.3 Å². The minimum Gasteiger partial charge on any atom is -0.300 e. The van der Waals surface area contributed by atoms with Crippen molar-refractivity contribution in [3.63, 3.8) is 0 Å².